The number of nitrogens with one attached hydrogen (secondary N) is 2. The normalized spacial score (nSPS) is 19.0. The lowest BCUT2D eigenvalue weighted by Crippen LogP contribution is -2.46. The molecular formula is C16H20N8O. The van der Waals surface area contributed by atoms with Gasteiger partial charge in [0.05, 0.1) is 29.3 Å². The summed E-state index contributed by atoms with van der Waals surface area (Å²) >= 11 is 0. The number of para-hydroxylation sites is 1. The Morgan fingerprint density at radius 1 is 1.12 bits per heavy atom. The summed E-state index contributed by atoms with van der Waals surface area (Å²) in [7, 11) is 0. The molecule has 5 rings (SSSR count). The molecule has 1 aliphatic heterocycles. The number of piperazine rings is 1. The van der Waals surface area contributed by atoms with Gasteiger partial charge in [-0.05, 0) is 35.4 Å². The Balaban J connectivity index is 1.29. The number of benzene rings is 1. The molecule has 3 aromatic rings. The predicted molar refractivity (Wildman–Crippen MR) is 92.5 cm³/mol. The minimum atomic E-state index is -0.159. The van der Waals surface area contributed by atoms with Gasteiger partial charge in [-0.1, -0.05) is 6.07 Å². The molecule has 2 aliphatic rings. The number of fused-ring (bicyclic) bond motifs is 1. The number of rotatable bonds is 4. The van der Waals surface area contributed by atoms with Crippen LogP contribution in [0.3, 0.4) is 0 Å². The second-order valence-electron chi connectivity index (χ2n) is 6.81. The first-order valence-corrected chi connectivity index (χ1v) is 8.73. The van der Waals surface area contributed by atoms with Gasteiger partial charge in [-0.15, -0.1) is 5.10 Å². The van der Waals surface area contributed by atoms with Crippen LogP contribution < -0.4 is 10.6 Å². The van der Waals surface area contributed by atoms with E-state index in [0.717, 1.165) is 55.3 Å². The van der Waals surface area contributed by atoms with Crippen molar-refractivity contribution < 1.29 is 0 Å². The van der Waals surface area contributed by atoms with Crippen molar-refractivity contribution in [3.8, 4) is 0 Å². The van der Waals surface area contributed by atoms with Gasteiger partial charge in [0.2, 0.25) is 0 Å². The van der Waals surface area contributed by atoms with Crippen molar-refractivity contribution in [1.29, 1.82) is 0 Å². The van der Waals surface area contributed by atoms with E-state index in [2.05, 4.69) is 41.4 Å². The predicted octanol–water partition coefficient (Wildman–Crippen LogP) is 0.500. The molecule has 9 nitrogen and oxygen atoms in total. The molecule has 0 bridgehead atoms. The van der Waals surface area contributed by atoms with Crippen LogP contribution in [0, 0.1) is 0 Å². The Hall–Kier alpha value is -2.68. The molecule has 2 fully saturated rings. The largest absolute Gasteiger partial charge is 0.367 e. The topological polar surface area (TPSA) is 98.7 Å². The highest BCUT2D eigenvalue weighted by molar-refractivity contribution is 5.88. The molecular weight excluding hydrogens is 320 g/mol. The van der Waals surface area contributed by atoms with E-state index in [1.165, 1.54) is 12.8 Å². The van der Waals surface area contributed by atoms with Crippen LogP contribution in [-0.4, -0.2) is 61.3 Å². The number of hydrogen-bond acceptors (Lipinski definition) is 6. The molecule has 2 aromatic heterocycles. The zero-order valence-corrected chi connectivity index (χ0v) is 13.9. The third-order valence-corrected chi connectivity index (χ3v) is 5.06. The number of tetrazole rings is 1. The summed E-state index contributed by atoms with van der Waals surface area (Å²) in [5.41, 5.74) is 2.67. The maximum Gasteiger partial charge on any atom is 0.323 e. The van der Waals surface area contributed by atoms with Crippen molar-refractivity contribution in [3.05, 3.63) is 34.5 Å². The van der Waals surface area contributed by atoms with Crippen molar-refractivity contribution in [2.24, 2.45) is 0 Å². The van der Waals surface area contributed by atoms with Gasteiger partial charge in [0.1, 0.15) is 0 Å². The molecule has 1 aliphatic carbocycles. The highest BCUT2D eigenvalue weighted by Crippen LogP contribution is 2.34. The minimum Gasteiger partial charge on any atom is -0.367 e. The zero-order chi connectivity index (χ0) is 16.8. The molecule has 25 heavy (non-hydrogen) atoms. The summed E-state index contributed by atoms with van der Waals surface area (Å²) in [6.45, 7) is 4.52. The van der Waals surface area contributed by atoms with E-state index in [-0.39, 0.29) is 5.69 Å². The molecule has 9 heteroatoms. The van der Waals surface area contributed by atoms with Crippen molar-refractivity contribution in [1.82, 2.24) is 35.1 Å². The van der Waals surface area contributed by atoms with Crippen LogP contribution in [0.25, 0.3) is 11.0 Å². The smallest absolute Gasteiger partial charge is 0.323 e. The Morgan fingerprint density at radius 3 is 2.76 bits per heavy atom. The minimum absolute atomic E-state index is 0.159. The van der Waals surface area contributed by atoms with Crippen LogP contribution in [0.4, 0.5) is 5.69 Å². The lowest BCUT2D eigenvalue weighted by Gasteiger charge is -2.35. The molecule has 2 N–H and O–H groups in total. The average Bonchev–Trinajstić information content (AvgIpc) is 3.24. The highest BCUT2D eigenvalue weighted by Gasteiger charge is 2.29. The van der Waals surface area contributed by atoms with Gasteiger partial charge < -0.3 is 14.9 Å². The van der Waals surface area contributed by atoms with E-state index in [0.29, 0.717) is 6.04 Å². The third kappa shape index (κ3) is 2.70. The van der Waals surface area contributed by atoms with Gasteiger partial charge in [-0.3, -0.25) is 4.90 Å². The molecule has 0 amide bonds. The lowest BCUT2D eigenvalue weighted by atomic mass is 10.2. The summed E-state index contributed by atoms with van der Waals surface area (Å²) in [6.07, 6.45) is 2.37. The second-order valence-corrected chi connectivity index (χ2v) is 6.81. The SMILES string of the molecule is O=c1[nH]c2cccc(N3CCN(Cc4nnnn4C4CC4)CC3)c2[nH]1. The average molecular weight is 340 g/mol. The van der Waals surface area contributed by atoms with Gasteiger partial charge in [-0.2, -0.15) is 0 Å². The van der Waals surface area contributed by atoms with E-state index in [1.54, 1.807) is 0 Å². The molecule has 0 radical (unpaired) electrons. The van der Waals surface area contributed by atoms with E-state index >= 15 is 0 Å². The summed E-state index contributed by atoms with van der Waals surface area (Å²) < 4.78 is 1.98. The van der Waals surface area contributed by atoms with Gasteiger partial charge in [0, 0.05) is 26.2 Å². The highest BCUT2D eigenvalue weighted by atomic mass is 16.1. The number of imidazole rings is 1. The Morgan fingerprint density at radius 2 is 1.96 bits per heavy atom. The lowest BCUT2D eigenvalue weighted by molar-refractivity contribution is 0.239. The maximum atomic E-state index is 11.6. The fraction of sp³-hybridized carbons (Fsp3) is 0.500. The number of aromatic amines is 2. The number of H-pyrrole nitrogens is 2. The van der Waals surface area contributed by atoms with Crippen LogP contribution in [0.15, 0.2) is 23.0 Å². The number of hydrogen-bond donors (Lipinski definition) is 2. The molecule has 130 valence electrons. The first-order valence-electron chi connectivity index (χ1n) is 8.73. The van der Waals surface area contributed by atoms with Crippen LogP contribution in [0.5, 0.6) is 0 Å². The molecule has 0 spiro atoms. The summed E-state index contributed by atoms with van der Waals surface area (Å²) in [6, 6.07) is 6.48. The van der Waals surface area contributed by atoms with Crippen LogP contribution in [0.2, 0.25) is 0 Å². The quantitative estimate of drug-likeness (QED) is 0.718. The van der Waals surface area contributed by atoms with Crippen molar-refractivity contribution in [2.75, 3.05) is 31.1 Å². The van der Waals surface area contributed by atoms with E-state index in [1.807, 2.05) is 16.8 Å². The van der Waals surface area contributed by atoms with E-state index in [4.69, 9.17) is 0 Å². The van der Waals surface area contributed by atoms with Crippen molar-refractivity contribution in [2.45, 2.75) is 25.4 Å². The van der Waals surface area contributed by atoms with Crippen molar-refractivity contribution in [3.63, 3.8) is 0 Å². The fourth-order valence-corrected chi connectivity index (χ4v) is 3.57. The molecule has 0 unspecified atom stereocenters. The molecule has 3 heterocycles. The van der Waals surface area contributed by atoms with Crippen molar-refractivity contribution >= 4 is 16.7 Å². The van der Waals surface area contributed by atoms with Crippen LogP contribution in [0.1, 0.15) is 24.7 Å². The van der Waals surface area contributed by atoms with Crippen LogP contribution >= 0.6 is 0 Å². The summed E-state index contributed by atoms with van der Waals surface area (Å²) in [5, 5.41) is 12.2. The van der Waals surface area contributed by atoms with Gasteiger partial charge in [0.15, 0.2) is 5.82 Å². The molecule has 1 aromatic carbocycles. The first-order chi connectivity index (χ1) is 12.3. The van der Waals surface area contributed by atoms with E-state index < -0.39 is 0 Å². The fourth-order valence-electron chi connectivity index (χ4n) is 3.57. The Kier molecular flexibility index (Phi) is 3.34. The monoisotopic (exact) mass is 340 g/mol. The Labute approximate surface area is 143 Å². The number of aromatic nitrogens is 6. The van der Waals surface area contributed by atoms with Gasteiger partial charge in [-0.25, -0.2) is 9.48 Å². The molecule has 0 atom stereocenters. The van der Waals surface area contributed by atoms with Crippen LogP contribution in [-0.2, 0) is 6.54 Å². The maximum absolute atomic E-state index is 11.6. The molecule has 1 saturated carbocycles. The van der Waals surface area contributed by atoms with Gasteiger partial charge >= 0.3 is 5.69 Å². The van der Waals surface area contributed by atoms with Gasteiger partial charge in [0.25, 0.3) is 0 Å². The third-order valence-electron chi connectivity index (χ3n) is 5.06. The Bertz CT molecular complexity index is 944. The summed E-state index contributed by atoms with van der Waals surface area (Å²) in [4.78, 5) is 22.0. The second kappa shape index (κ2) is 5.69. The number of nitrogens with zero attached hydrogens (tertiary/aromatic N) is 6. The standard InChI is InChI=1S/C16H20N8O/c25-16-17-12-2-1-3-13(15(12)18-16)23-8-6-22(7-9-23)10-14-19-20-21-24(14)11-4-5-11/h1-3,11H,4-10H2,(H2,17,18,25). The summed E-state index contributed by atoms with van der Waals surface area (Å²) in [5.74, 6) is 0.966. The number of anilines is 1. The molecule has 1 saturated heterocycles. The van der Waals surface area contributed by atoms with E-state index in [9.17, 15) is 4.79 Å². The first kappa shape index (κ1) is 14.6. The zero-order valence-electron chi connectivity index (χ0n) is 13.9.